The second kappa shape index (κ2) is 5.07. The normalized spacial score (nSPS) is 12.8. The van der Waals surface area contributed by atoms with E-state index in [-0.39, 0.29) is 18.3 Å². The summed E-state index contributed by atoms with van der Waals surface area (Å²) in [4.78, 5) is 12.5. The zero-order valence-electron chi connectivity index (χ0n) is 9.70. The maximum Gasteiger partial charge on any atom is 0.305 e. The first kappa shape index (κ1) is 12.6. The molecule has 0 aromatic heterocycles. The molecule has 1 aromatic carbocycles. The second-order valence-corrected chi connectivity index (χ2v) is 4.09. The van der Waals surface area contributed by atoms with Crippen molar-refractivity contribution in [3.8, 4) is 0 Å². The molecule has 0 fully saturated rings. The van der Waals surface area contributed by atoms with Crippen LogP contribution in [0.15, 0.2) is 18.2 Å². The van der Waals surface area contributed by atoms with Gasteiger partial charge in [-0.25, -0.2) is 4.39 Å². The van der Waals surface area contributed by atoms with E-state index < -0.39 is 5.97 Å². The molecule has 4 heteroatoms. The Bertz CT molecular complexity index is 391. The molecule has 0 amide bonds. The van der Waals surface area contributed by atoms with Crippen LogP contribution in [0.2, 0.25) is 0 Å². The molecule has 0 saturated heterocycles. The van der Waals surface area contributed by atoms with Crippen molar-refractivity contribution in [2.24, 2.45) is 0 Å². The first-order valence-electron chi connectivity index (χ1n) is 5.06. The largest absolute Gasteiger partial charge is 0.481 e. The fourth-order valence-corrected chi connectivity index (χ4v) is 1.58. The SMILES string of the molecule is Cc1ccc(C(CC(=O)O)N(C)C)cc1F. The van der Waals surface area contributed by atoms with Crippen LogP contribution in [0.5, 0.6) is 0 Å². The van der Waals surface area contributed by atoms with E-state index in [1.54, 1.807) is 38.1 Å². The van der Waals surface area contributed by atoms with Crippen LogP contribution >= 0.6 is 0 Å². The van der Waals surface area contributed by atoms with Gasteiger partial charge < -0.3 is 10.0 Å². The van der Waals surface area contributed by atoms with Crippen molar-refractivity contribution >= 4 is 5.97 Å². The van der Waals surface area contributed by atoms with Crippen LogP contribution in [-0.4, -0.2) is 30.1 Å². The number of aliphatic carboxylic acids is 1. The first-order valence-corrected chi connectivity index (χ1v) is 5.06. The summed E-state index contributed by atoms with van der Waals surface area (Å²) in [6, 6.07) is 4.55. The summed E-state index contributed by atoms with van der Waals surface area (Å²) in [6.45, 7) is 1.68. The van der Waals surface area contributed by atoms with E-state index in [9.17, 15) is 9.18 Å². The quantitative estimate of drug-likeness (QED) is 0.854. The minimum Gasteiger partial charge on any atom is -0.481 e. The highest BCUT2D eigenvalue weighted by Gasteiger charge is 2.18. The molecule has 1 unspecified atom stereocenters. The van der Waals surface area contributed by atoms with Gasteiger partial charge in [-0.05, 0) is 38.2 Å². The lowest BCUT2D eigenvalue weighted by Crippen LogP contribution is -2.22. The molecule has 1 N–H and O–H groups in total. The smallest absolute Gasteiger partial charge is 0.305 e. The monoisotopic (exact) mass is 225 g/mol. The van der Waals surface area contributed by atoms with Crippen molar-refractivity contribution in [3.05, 3.63) is 35.1 Å². The first-order chi connectivity index (χ1) is 7.41. The van der Waals surface area contributed by atoms with Gasteiger partial charge in [0.2, 0.25) is 0 Å². The van der Waals surface area contributed by atoms with Gasteiger partial charge in [-0.3, -0.25) is 4.79 Å². The van der Waals surface area contributed by atoms with Gasteiger partial charge in [-0.1, -0.05) is 12.1 Å². The van der Waals surface area contributed by atoms with Crippen molar-refractivity contribution in [1.82, 2.24) is 4.90 Å². The van der Waals surface area contributed by atoms with Crippen molar-refractivity contribution in [2.45, 2.75) is 19.4 Å². The van der Waals surface area contributed by atoms with Gasteiger partial charge >= 0.3 is 5.97 Å². The lowest BCUT2D eigenvalue weighted by atomic mass is 10.0. The molecule has 3 nitrogen and oxygen atoms in total. The summed E-state index contributed by atoms with van der Waals surface area (Å²) in [6.07, 6.45) is -0.0322. The molecule has 1 rings (SSSR count). The molecule has 0 spiro atoms. The highest BCUT2D eigenvalue weighted by atomic mass is 19.1. The molecular weight excluding hydrogens is 209 g/mol. The number of carbonyl (C=O) groups is 1. The summed E-state index contributed by atoms with van der Waals surface area (Å²) in [5, 5.41) is 8.80. The van der Waals surface area contributed by atoms with Crippen molar-refractivity contribution in [1.29, 1.82) is 0 Å². The number of hydrogen-bond acceptors (Lipinski definition) is 2. The minimum atomic E-state index is -0.889. The average molecular weight is 225 g/mol. The molecule has 0 saturated carbocycles. The lowest BCUT2D eigenvalue weighted by molar-refractivity contribution is -0.138. The Morgan fingerprint density at radius 3 is 2.56 bits per heavy atom. The molecule has 0 aliphatic carbocycles. The molecule has 88 valence electrons. The number of halogens is 1. The maximum absolute atomic E-state index is 13.4. The van der Waals surface area contributed by atoms with Gasteiger partial charge in [-0.15, -0.1) is 0 Å². The lowest BCUT2D eigenvalue weighted by Gasteiger charge is -2.23. The summed E-state index contributed by atoms with van der Waals surface area (Å²) in [5.74, 6) is -1.19. The van der Waals surface area contributed by atoms with Crippen LogP contribution in [0, 0.1) is 12.7 Å². The molecular formula is C12H16FNO2. The number of aryl methyl sites for hydroxylation is 1. The molecule has 0 heterocycles. The number of carboxylic acids is 1. The van der Waals surface area contributed by atoms with Crippen molar-refractivity contribution in [3.63, 3.8) is 0 Å². The summed E-state index contributed by atoms with van der Waals surface area (Å²) >= 11 is 0. The number of rotatable bonds is 4. The number of hydrogen-bond donors (Lipinski definition) is 1. The third-order valence-electron chi connectivity index (χ3n) is 2.57. The van der Waals surface area contributed by atoms with Gasteiger partial charge in [-0.2, -0.15) is 0 Å². The van der Waals surface area contributed by atoms with Gasteiger partial charge in [0.15, 0.2) is 0 Å². The van der Waals surface area contributed by atoms with E-state index >= 15 is 0 Å². The third-order valence-corrected chi connectivity index (χ3v) is 2.57. The van der Waals surface area contributed by atoms with Gasteiger partial charge in [0, 0.05) is 6.04 Å². The van der Waals surface area contributed by atoms with Crippen LogP contribution < -0.4 is 0 Å². The second-order valence-electron chi connectivity index (χ2n) is 4.09. The average Bonchev–Trinajstić information content (AvgIpc) is 2.18. The third kappa shape index (κ3) is 3.03. The Morgan fingerprint density at radius 1 is 1.50 bits per heavy atom. The highest BCUT2D eigenvalue weighted by molar-refractivity contribution is 5.67. The Kier molecular flexibility index (Phi) is 4.01. The maximum atomic E-state index is 13.4. The standard InChI is InChI=1S/C12H16FNO2/c1-8-4-5-9(6-10(8)13)11(14(2)3)7-12(15)16/h4-6,11H,7H2,1-3H3,(H,15,16). The Labute approximate surface area is 94.5 Å². The van der Waals surface area contributed by atoms with Crippen molar-refractivity contribution in [2.75, 3.05) is 14.1 Å². The summed E-state index contributed by atoms with van der Waals surface area (Å²) in [5.41, 5.74) is 1.26. The van der Waals surface area contributed by atoms with Gasteiger partial charge in [0.25, 0.3) is 0 Å². The molecule has 0 bridgehead atoms. The van der Waals surface area contributed by atoms with Gasteiger partial charge in [0.05, 0.1) is 6.42 Å². The Hall–Kier alpha value is -1.42. The molecule has 0 aliphatic heterocycles. The predicted octanol–water partition coefficient (Wildman–Crippen LogP) is 2.21. The molecule has 0 radical (unpaired) electrons. The topological polar surface area (TPSA) is 40.5 Å². The fraction of sp³-hybridized carbons (Fsp3) is 0.417. The van der Waals surface area contributed by atoms with E-state index in [4.69, 9.17) is 5.11 Å². The van der Waals surface area contributed by atoms with E-state index in [0.717, 1.165) is 0 Å². The Balaban J connectivity index is 3.01. The Morgan fingerprint density at radius 2 is 2.12 bits per heavy atom. The van der Waals surface area contributed by atoms with Crippen LogP contribution in [-0.2, 0) is 4.79 Å². The summed E-state index contributed by atoms with van der Waals surface area (Å²) in [7, 11) is 3.57. The van der Waals surface area contributed by atoms with Crippen LogP contribution in [0.4, 0.5) is 4.39 Å². The number of benzene rings is 1. The molecule has 1 atom stereocenters. The van der Waals surface area contributed by atoms with Gasteiger partial charge in [0.1, 0.15) is 5.82 Å². The summed E-state index contributed by atoms with van der Waals surface area (Å²) < 4.78 is 13.4. The van der Waals surface area contributed by atoms with E-state index in [0.29, 0.717) is 11.1 Å². The van der Waals surface area contributed by atoms with Crippen LogP contribution in [0.25, 0.3) is 0 Å². The van der Waals surface area contributed by atoms with E-state index in [2.05, 4.69) is 0 Å². The zero-order valence-corrected chi connectivity index (χ0v) is 9.70. The van der Waals surface area contributed by atoms with E-state index in [1.165, 1.54) is 6.07 Å². The molecule has 1 aromatic rings. The predicted molar refractivity (Wildman–Crippen MR) is 59.8 cm³/mol. The van der Waals surface area contributed by atoms with Crippen molar-refractivity contribution < 1.29 is 14.3 Å². The van der Waals surface area contributed by atoms with Crippen LogP contribution in [0.3, 0.4) is 0 Å². The number of nitrogens with zero attached hydrogens (tertiary/aromatic N) is 1. The molecule has 16 heavy (non-hydrogen) atoms. The van der Waals surface area contributed by atoms with E-state index in [1.807, 2.05) is 0 Å². The number of carboxylic acid groups (broad SMARTS) is 1. The van der Waals surface area contributed by atoms with Crippen LogP contribution in [0.1, 0.15) is 23.6 Å². The fourth-order valence-electron chi connectivity index (χ4n) is 1.58. The molecule has 0 aliphatic rings. The minimum absolute atomic E-state index is 0.0322. The zero-order chi connectivity index (χ0) is 12.3. The highest BCUT2D eigenvalue weighted by Crippen LogP contribution is 2.23.